The molecule has 0 spiro atoms. The first kappa shape index (κ1) is 20.2. The number of thioether (sulfide) groups is 1. The number of hydrogen-bond acceptors (Lipinski definition) is 10. The minimum Gasteiger partial charge on any atom is -0.390 e. The predicted octanol–water partition coefficient (Wildman–Crippen LogP) is 0.168. The van der Waals surface area contributed by atoms with Gasteiger partial charge >= 0.3 is 10.3 Å². The van der Waals surface area contributed by atoms with Crippen molar-refractivity contribution in [3.63, 3.8) is 0 Å². The zero-order chi connectivity index (χ0) is 20.0. The van der Waals surface area contributed by atoms with Crippen LogP contribution >= 0.6 is 11.8 Å². The van der Waals surface area contributed by atoms with Gasteiger partial charge in [-0.3, -0.25) is 4.18 Å². The molecule has 1 fully saturated rings. The van der Waals surface area contributed by atoms with Crippen molar-refractivity contribution in [3.05, 3.63) is 6.33 Å². The molecule has 0 unspecified atom stereocenters. The minimum absolute atomic E-state index is 0.129. The molecule has 2 aromatic rings. The van der Waals surface area contributed by atoms with Gasteiger partial charge in [0, 0.05) is 11.2 Å². The molecule has 0 amide bonds. The fourth-order valence-electron chi connectivity index (χ4n) is 2.70. The summed E-state index contributed by atoms with van der Waals surface area (Å²) in [6.07, 6.45) is -0.979. The average Bonchev–Trinajstić information content (AvgIpc) is 3.05. The highest BCUT2D eigenvalue weighted by molar-refractivity contribution is 8.00. The zero-order valence-corrected chi connectivity index (χ0v) is 16.7. The molecule has 0 bridgehead atoms. The number of nitrogens with two attached hydrogens (primary N) is 2. The van der Waals surface area contributed by atoms with E-state index < -0.39 is 35.3 Å². The molecule has 1 aliphatic heterocycles. The van der Waals surface area contributed by atoms with Gasteiger partial charge in [-0.1, -0.05) is 32.5 Å². The maximum absolute atomic E-state index is 11.0. The lowest BCUT2D eigenvalue weighted by Crippen LogP contribution is -2.30. The number of nitrogens with zero attached hydrogens (tertiary/aromatic N) is 4. The molecular weight excluding hydrogens is 396 g/mol. The number of nitrogen functional groups attached to an aromatic ring is 1. The Kier molecular flexibility index (Phi) is 5.35. The van der Waals surface area contributed by atoms with Crippen molar-refractivity contribution in [2.45, 2.75) is 55.4 Å². The number of hydrogen-bond donors (Lipinski definition) is 3. The van der Waals surface area contributed by atoms with Gasteiger partial charge in [-0.15, -0.1) is 0 Å². The van der Waals surface area contributed by atoms with Crippen molar-refractivity contribution in [1.82, 2.24) is 19.7 Å². The first-order chi connectivity index (χ1) is 12.4. The van der Waals surface area contributed by atoms with E-state index in [0.29, 0.717) is 21.9 Å². The SMILES string of the molecule is CC(C)(C)Sc1nn([C@H]2C[C@H](O)[C@@H](COS(N)(=O)=O)O2)c2ncnc(N)c12. The maximum Gasteiger partial charge on any atom is 0.333 e. The van der Waals surface area contributed by atoms with Crippen LogP contribution in [0.2, 0.25) is 0 Å². The summed E-state index contributed by atoms with van der Waals surface area (Å²) in [5, 5.41) is 20.8. The molecule has 3 rings (SSSR count). The fraction of sp³-hybridized carbons (Fsp3) is 0.643. The Morgan fingerprint density at radius 3 is 2.78 bits per heavy atom. The number of aliphatic hydroxyl groups excluding tert-OH is 1. The van der Waals surface area contributed by atoms with E-state index in [-0.39, 0.29) is 11.2 Å². The van der Waals surface area contributed by atoms with Crippen LogP contribution < -0.4 is 10.9 Å². The van der Waals surface area contributed by atoms with E-state index in [2.05, 4.69) is 19.2 Å². The Balaban J connectivity index is 1.92. The van der Waals surface area contributed by atoms with Crippen LogP contribution in [0.4, 0.5) is 5.82 Å². The number of ether oxygens (including phenoxy) is 1. The van der Waals surface area contributed by atoms with Crippen LogP contribution in [0.15, 0.2) is 11.4 Å². The summed E-state index contributed by atoms with van der Waals surface area (Å²) in [4.78, 5) is 8.29. The summed E-state index contributed by atoms with van der Waals surface area (Å²) in [5.74, 6) is 0.297. The molecule has 1 saturated heterocycles. The zero-order valence-electron chi connectivity index (χ0n) is 15.1. The van der Waals surface area contributed by atoms with Crippen molar-refractivity contribution in [2.24, 2.45) is 5.14 Å². The summed E-state index contributed by atoms with van der Waals surface area (Å²) < 4.78 is 33.6. The van der Waals surface area contributed by atoms with Gasteiger partial charge in [0.15, 0.2) is 11.9 Å². The lowest BCUT2D eigenvalue weighted by Gasteiger charge is -2.16. The van der Waals surface area contributed by atoms with Crippen molar-refractivity contribution < 1.29 is 22.4 Å². The molecule has 27 heavy (non-hydrogen) atoms. The third-order valence-electron chi connectivity index (χ3n) is 3.76. The van der Waals surface area contributed by atoms with E-state index in [1.807, 2.05) is 20.8 Å². The van der Waals surface area contributed by atoms with E-state index in [1.165, 1.54) is 22.8 Å². The fourth-order valence-corrected chi connectivity index (χ4v) is 4.03. The Labute approximate surface area is 160 Å². The van der Waals surface area contributed by atoms with Crippen LogP contribution in [-0.2, 0) is 19.2 Å². The smallest absolute Gasteiger partial charge is 0.333 e. The van der Waals surface area contributed by atoms with E-state index in [0.717, 1.165) is 0 Å². The Bertz CT molecular complexity index is 941. The Morgan fingerprint density at radius 1 is 1.44 bits per heavy atom. The van der Waals surface area contributed by atoms with Crippen LogP contribution in [0.3, 0.4) is 0 Å². The molecule has 0 aromatic carbocycles. The summed E-state index contributed by atoms with van der Waals surface area (Å²) in [7, 11) is -4.13. The molecule has 150 valence electrons. The second kappa shape index (κ2) is 7.14. The van der Waals surface area contributed by atoms with Crippen LogP contribution in [-0.4, -0.2) is 56.8 Å². The highest BCUT2D eigenvalue weighted by atomic mass is 32.2. The number of rotatable bonds is 5. The van der Waals surface area contributed by atoms with Gasteiger partial charge in [0.05, 0.1) is 18.1 Å². The summed E-state index contributed by atoms with van der Waals surface area (Å²) in [5.41, 5.74) is 6.50. The number of fused-ring (bicyclic) bond motifs is 1. The van der Waals surface area contributed by atoms with Gasteiger partial charge in [0.25, 0.3) is 0 Å². The monoisotopic (exact) mass is 418 g/mol. The van der Waals surface area contributed by atoms with E-state index in [9.17, 15) is 13.5 Å². The van der Waals surface area contributed by atoms with E-state index >= 15 is 0 Å². The molecule has 1 aliphatic rings. The largest absolute Gasteiger partial charge is 0.390 e. The second-order valence-corrected chi connectivity index (χ2v) is 10.2. The molecule has 2 aromatic heterocycles. The van der Waals surface area contributed by atoms with Crippen LogP contribution in [0, 0.1) is 0 Å². The maximum atomic E-state index is 11.0. The highest BCUT2D eigenvalue weighted by Crippen LogP contribution is 2.39. The van der Waals surface area contributed by atoms with Gasteiger partial charge in [-0.25, -0.2) is 19.8 Å². The Morgan fingerprint density at radius 2 is 2.15 bits per heavy atom. The first-order valence-corrected chi connectivity index (χ1v) is 10.4. The second-order valence-electron chi connectivity index (χ2n) is 7.13. The van der Waals surface area contributed by atoms with Crippen LogP contribution in [0.5, 0.6) is 0 Å². The molecular formula is C14H22N6O5S2. The predicted molar refractivity (Wildman–Crippen MR) is 98.9 cm³/mol. The molecule has 11 nitrogen and oxygen atoms in total. The van der Waals surface area contributed by atoms with Gasteiger partial charge < -0.3 is 15.6 Å². The Hall–Kier alpha value is -1.51. The van der Waals surface area contributed by atoms with E-state index in [4.69, 9.17) is 15.6 Å². The lowest BCUT2D eigenvalue weighted by molar-refractivity contribution is -0.0415. The van der Waals surface area contributed by atoms with Crippen molar-refractivity contribution in [1.29, 1.82) is 0 Å². The molecule has 0 aliphatic carbocycles. The topological polar surface area (TPSA) is 168 Å². The van der Waals surface area contributed by atoms with Crippen LogP contribution in [0.25, 0.3) is 11.0 Å². The van der Waals surface area contributed by atoms with Crippen molar-refractivity contribution in [2.75, 3.05) is 12.3 Å². The average molecular weight is 419 g/mol. The van der Waals surface area contributed by atoms with Gasteiger partial charge in [-0.05, 0) is 0 Å². The van der Waals surface area contributed by atoms with Crippen LogP contribution in [0.1, 0.15) is 33.4 Å². The highest BCUT2D eigenvalue weighted by Gasteiger charge is 2.38. The summed E-state index contributed by atoms with van der Waals surface area (Å²) >= 11 is 1.51. The molecule has 13 heteroatoms. The van der Waals surface area contributed by atoms with Gasteiger partial charge in [0.1, 0.15) is 23.3 Å². The molecule has 3 atom stereocenters. The minimum atomic E-state index is -4.13. The van der Waals surface area contributed by atoms with Crippen molar-refractivity contribution in [3.8, 4) is 0 Å². The molecule has 5 N–H and O–H groups in total. The third-order valence-corrected chi connectivity index (χ3v) is 5.32. The normalized spacial score (nSPS) is 24.0. The summed E-state index contributed by atoms with van der Waals surface area (Å²) in [6, 6.07) is 0. The summed E-state index contributed by atoms with van der Waals surface area (Å²) in [6.45, 7) is 5.73. The molecule has 0 radical (unpaired) electrons. The molecule has 3 heterocycles. The van der Waals surface area contributed by atoms with Gasteiger partial charge in [0.2, 0.25) is 0 Å². The lowest BCUT2D eigenvalue weighted by atomic mass is 10.2. The quantitative estimate of drug-likeness (QED) is 0.569. The number of anilines is 1. The number of aromatic nitrogens is 4. The van der Waals surface area contributed by atoms with E-state index in [1.54, 1.807) is 0 Å². The number of aliphatic hydroxyl groups is 1. The molecule has 0 saturated carbocycles. The third kappa shape index (κ3) is 4.67. The van der Waals surface area contributed by atoms with Gasteiger partial charge in [-0.2, -0.15) is 13.5 Å². The van der Waals surface area contributed by atoms with Crippen molar-refractivity contribution >= 4 is 38.9 Å². The standard InChI is InChI=1S/C14H22N6O5S2/c1-14(2,3)26-13-10-11(15)17-6-18-12(10)20(19-13)9-4-7(21)8(25-9)5-24-27(16,22)23/h6-9,21H,4-5H2,1-3H3,(H2,15,17,18)(H2,16,22,23)/t7-,8+,9+/m0/s1. The first-order valence-electron chi connectivity index (χ1n) is 8.13.